The van der Waals surface area contributed by atoms with Crippen LogP contribution in [-0.2, 0) is 14.4 Å². The van der Waals surface area contributed by atoms with Gasteiger partial charge in [-0.05, 0) is 25.8 Å². The number of β-amino-alcohol motifs (C(OH)–C–C–N with tert-alkyl or cyclic N) is 1. The van der Waals surface area contributed by atoms with Crippen LogP contribution in [0.2, 0.25) is 0 Å². The van der Waals surface area contributed by atoms with E-state index in [0.717, 1.165) is 0 Å². The quantitative estimate of drug-likeness (QED) is 0.231. The van der Waals surface area contributed by atoms with E-state index in [2.05, 4.69) is 16.0 Å². The summed E-state index contributed by atoms with van der Waals surface area (Å²) in [6.45, 7) is 0.995. The highest BCUT2D eigenvalue weighted by Crippen LogP contribution is 2.09. The number of hydrogen-bond acceptors (Lipinski definition) is 9. The lowest BCUT2D eigenvalue weighted by molar-refractivity contribution is -0.141. The Balaban J connectivity index is 0.000000202. The molecule has 3 heterocycles. The lowest BCUT2D eigenvalue weighted by Gasteiger charge is -2.06. The van der Waals surface area contributed by atoms with Crippen LogP contribution in [0.1, 0.15) is 25.7 Å². The second kappa shape index (κ2) is 11.1. The normalized spacial score (nSPS) is 34.8. The minimum Gasteiger partial charge on any atom is -0.480 e. The Labute approximate surface area is 155 Å². The van der Waals surface area contributed by atoms with Crippen molar-refractivity contribution in [2.45, 2.75) is 62.2 Å². The SMILES string of the molecule is O=C(O)[C@@H]1CC(O)CN1.O=C(O)[C@@H]1CCC(O)N1.O=C(O)[C@H]1NCCC1O. The van der Waals surface area contributed by atoms with Gasteiger partial charge in [0, 0.05) is 13.0 Å². The largest absolute Gasteiger partial charge is 0.480 e. The van der Waals surface area contributed by atoms with Gasteiger partial charge < -0.3 is 41.3 Å². The summed E-state index contributed by atoms with van der Waals surface area (Å²) in [6.07, 6.45) is 0.124. The molecule has 0 radical (unpaired) electrons. The van der Waals surface area contributed by atoms with Crippen molar-refractivity contribution in [2.24, 2.45) is 0 Å². The molecule has 12 heteroatoms. The summed E-state index contributed by atoms with van der Waals surface area (Å²) in [5.74, 6) is -2.74. The van der Waals surface area contributed by atoms with Gasteiger partial charge in [0.05, 0.1) is 12.2 Å². The van der Waals surface area contributed by atoms with E-state index in [1.807, 2.05) is 0 Å². The molecule has 9 N–H and O–H groups in total. The van der Waals surface area contributed by atoms with Crippen molar-refractivity contribution in [3.8, 4) is 0 Å². The topological polar surface area (TPSA) is 209 Å². The fourth-order valence-electron chi connectivity index (χ4n) is 2.76. The van der Waals surface area contributed by atoms with Crippen molar-refractivity contribution >= 4 is 17.9 Å². The van der Waals surface area contributed by atoms with Crippen molar-refractivity contribution in [3.63, 3.8) is 0 Å². The molecule has 3 rings (SSSR count). The zero-order valence-corrected chi connectivity index (χ0v) is 14.6. The van der Waals surface area contributed by atoms with Crippen LogP contribution in [0.4, 0.5) is 0 Å². The van der Waals surface area contributed by atoms with Crippen molar-refractivity contribution in [2.75, 3.05) is 13.1 Å². The molecule has 0 aromatic carbocycles. The van der Waals surface area contributed by atoms with Crippen LogP contribution in [0, 0.1) is 0 Å². The van der Waals surface area contributed by atoms with Crippen LogP contribution in [-0.4, -0.2) is 98.2 Å². The predicted molar refractivity (Wildman–Crippen MR) is 89.9 cm³/mol. The zero-order valence-electron chi connectivity index (χ0n) is 14.6. The minimum absolute atomic E-state index is 0.329. The molecule has 3 aliphatic heterocycles. The molecule has 0 amide bonds. The Morgan fingerprint density at radius 2 is 1.41 bits per heavy atom. The van der Waals surface area contributed by atoms with Crippen LogP contribution >= 0.6 is 0 Å². The number of aliphatic hydroxyl groups is 3. The smallest absolute Gasteiger partial charge is 0.323 e. The highest BCUT2D eigenvalue weighted by Gasteiger charge is 2.30. The summed E-state index contributed by atoms with van der Waals surface area (Å²) in [5, 5.41) is 59.4. The monoisotopic (exact) mass is 393 g/mol. The van der Waals surface area contributed by atoms with Crippen molar-refractivity contribution in [1.82, 2.24) is 16.0 Å². The van der Waals surface area contributed by atoms with E-state index in [1.54, 1.807) is 0 Å². The second-order valence-electron chi connectivity index (χ2n) is 6.47. The first kappa shape index (κ1) is 23.2. The standard InChI is InChI=1S/3C5H9NO3/c7-3-1-4(5(8)9)6-2-3;7-3-1-2-6-4(3)5(8)9;7-4-2-1-3(6-4)5(8)9/h3*3-4,6-7H,1-2H2,(H,8,9)/t2*3?,4-;3-,4?/m000/s1. The fourth-order valence-corrected chi connectivity index (χ4v) is 2.76. The van der Waals surface area contributed by atoms with Gasteiger partial charge in [0.2, 0.25) is 0 Å². The number of aliphatic carboxylic acids is 3. The summed E-state index contributed by atoms with van der Waals surface area (Å²) in [7, 11) is 0. The van der Waals surface area contributed by atoms with Crippen LogP contribution in [0.25, 0.3) is 0 Å². The highest BCUT2D eigenvalue weighted by atomic mass is 16.4. The first-order chi connectivity index (χ1) is 12.6. The van der Waals surface area contributed by atoms with Gasteiger partial charge >= 0.3 is 17.9 Å². The Bertz CT molecular complexity index is 489. The molecule has 0 saturated carbocycles. The van der Waals surface area contributed by atoms with Crippen LogP contribution < -0.4 is 16.0 Å². The number of nitrogens with one attached hydrogen (secondary N) is 3. The molecule has 156 valence electrons. The number of carboxylic acid groups (broad SMARTS) is 3. The van der Waals surface area contributed by atoms with Crippen molar-refractivity contribution in [3.05, 3.63) is 0 Å². The molecule has 12 nitrogen and oxygen atoms in total. The molecule has 0 aromatic rings. The minimum atomic E-state index is -0.972. The molecular formula is C15H27N3O9. The third kappa shape index (κ3) is 8.15. The Hall–Kier alpha value is -1.83. The highest BCUT2D eigenvalue weighted by molar-refractivity contribution is 5.75. The average Bonchev–Trinajstić information content (AvgIpc) is 3.29. The molecule has 3 saturated heterocycles. The number of hydrogen-bond donors (Lipinski definition) is 9. The summed E-state index contributed by atoms with van der Waals surface area (Å²) >= 11 is 0. The van der Waals surface area contributed by atoms with E-state index in [4.69, 9.17) is 30.6 Å². The number of carbonyl (C=O) groups is 3. The van der Waals surface area contributed by atoms with Gasteiger partial charge in [-0.15, -0.1) is 0 Å². The molecule has 27 heavy (non-hydrogen) atoms. The third-order valence-corrected chi connectivity index (χ3v) is 4.28. The van der Waals surface area contributed by atoms with E-state index in [1.165, 1.54) is 0 Å². The van der Waals surface area contributed by atoms with Gasteiger partial charge in [0.15, 0.2) is 0 Å². The first-order valence-corrected chi connectivity index (χ1v) is 8.57. The maximum Gasteiger partial charge on any atom is 0.323 e. The van der Waals surface area contributed by atoms with E-state index >= 15 is 0 Å². The average molecular weight is 393 g/mol. The maximum absolute atomic E-state index is 10.2. The summed E-state index contributed by atoms with van der Waals surface area (Å²) in [5.41, 5.74) is 0. The lowest BCUT2D eigenvalue weighted by Crippen LogP contribution is -2.38. The first-order valence-electron chi connectivity index (χ1n) is 8.57. The predicted octanol–water partition coefficient (Wildman–Crippen LogP) is -3.27. The molecular weight excluding hydrogens is 366 g/mol. The lowest BCUT2D eigenvalue weighted by atomic mass is 10.2. The molecule has 3 unspecified atom stereocenters. The number of aliphatic hydroxyl groups excluding tert-OH is 3. The van der Waals surface area contributed by atoms with Crippen molar-refractivity contribution < 1.29 is 45.0 Å². The Kier molecular flexibility index (Phi) is 9.55. The Morgan fingerprint density at radius 3 is 1.63 bits per heavy atom. The molecule has 0 spiro atoms. The third-order valence-electron chi connectivity index (χ3n) is 4.28. The van der Waals surface area contributed by atoms with Gasteiger partial charge in [-0.3, -0.25) is 19.7 Å². The summed E-state index contributed by atoms with van der Waals surface area (Å²) in [6, 6.07) is -1.83. The van der Waals surface area contributed by atoms with Gasteiger partial charge in [-0.25, -0.2) is 0 Å². The van der Waals surface area contributed by atoms with E-state index in [9.17, 15) is 14.4 Å². The van der Waals surface area contributed by atoms with Gasteiger partial charge in [0.25, 0.3) is 0 Å². The van der Waals surface area contributed by atoms with E-state index < -0.39 is 54.5 Å². The number of carboxylic acids is 3. The van der Waals surface area contributed by atoms with Crippen LogP contribution in [0.3, 0.4) is 0 Å². The molecule has 0 aromatic heterocycles. The number of rotatable bonds is 3. The van der Waals surface area contributed by atoms with Crippen LogP contribution in [0.15, 0.2) is 0 Å². The molecule has 6 atom stereocenters. The van der Waals surface area contributed by atoms with Crippen molar-refractivity contribution in [1.29, 1.82) is 0 Å². The summed E-state index contributed by atoms with van der Waals surface area (Å²) < 4.78 is 0. The van der Waals surface area contributed by atoms with Crippen LogP contribution in [0.5, 0.6) is 0 Å². The van der Waals surface area contributed by atoms with Gasteiger partial charge in [-0.2, -0.15) is 0 Å². The molecule has 3 fully saturated rings. The van der Waals surface area contributed by atoms with E-state index in [-0.39, 0.29) is 0 Å². The van der Waals surface area contributed by atoms with Gasteiger partial charge in [0.1, 0.15) is 24.4 Å². The maximum atomic E-state index is 10.2. The zero-order chi connectivity index (χ0) is 20.6. The summed E-state index contributed by atoms with van der Waals surface area (Å²) in [4.78, 5) is 30.5. The Morgan fingerprint density at radius 1 is 0.778 bits per heavy atom. The molecule has 3 aliphatic rings. The molecule has 0 bridgehead atoms. The second-order valence-corrected chi connectivity index (χ2v) is 6.47. The van der Waals surface area contributed by atoms with E-state index in [0.29, 0.717) is 38.8 Å². The molecule has 0 aliphatic carbocycles. The van der Waals surface area contributed by atoms with Gasteiger partial charge in [-0.1, -0.05) is 0 Å². The fraction of sp³-hybridized carbons (Fsp3) is 0.800.